The second-order valence-electron chi connectivity index (χ2n) is 16.1. The van der Waals surface area contributed by atoms with Crippen LogP contribution in [-0.4, -0.2) is 78.8 Å². The molecule has 2 heterocycles. The van der Waals surface area contributed by atoms with E-state index in [9.17, 15) is 32.0 Å². The van der Waals surface area contributed by atoms with Crippen LogP contribution in [0.4, 0.5) is 25.6 Å². The lowest BCUT2D eigenvalue weighted by atomic mass is 9.87. The summed E-state index contributed by atoms with van der Waals surface area (Å²) in [5.74, 6) is -1.93. The largest absolute Gasteiger partial charge is 0.495 e. The molecule has 2 amide bonds. The quantitative estimate of drug-likeness (QED) is 0.0907. The Morgan fingerprint density at radius 3 is 2.13 bits per heavy atom. The van der Waals surface area contributed by atoms with Gasteiger partial charge in [0.1, 0.15) is 29.0 Å². The first-order valence-electron chi connectivity index (χ1n) is 18.8. The van der Waals surface area contributed by atoms with Crippen molar-refractivity contribution in [3.05, 3.63) is 102 Å². The van der Waals surface area contributed by atoms with Crippen molar-refractivity contribution in [2.24, 2.45) is 5.41 Å². The Balaban J connectivity index is 1.39. The van der Waals surface area contributed by atoms with Crippen molar-refractivity contribution in [3.63, 3.8) is 0 Å². The number of hydrogen-bond donors (Lipinski definition) is 1. The van der Waals surface area contributed by atoms with Gasteiger partial charge in [0.2, 0.25) is 6.79 Å². The fourth-order valence-corrected chi connectivity index (χ4v) is 6.58. The number of ether oxygens (including phenoxy) is 4. The first kappa shape index (κ1) is 44.7. The zero-order chi connectivity index (χ0) is 44.2. The Hall–Kier alpha value is -6.36. The first-order chi connectivity index (χ1) is 28.0. The molecule has 0 radical (unpaired) electrons. The van der Waals surface area contributed by atoms with Crippen LogP contribution in [0.25, 0.3) is 16.8 Å². The highest BCUT2D eigenvalue weighted by atomic mass is 32.2. The van der Waals surface area contributed by atoms with Crippen LogP contribution in [0.15, 0.2) is 90.0 Å². The molecule has 17 heteroatoms. The van der Waals surface area contributed by atoms with Crippen molar-refractivity contribution in [1.82, 2.24) is 19.9 Å². The van der Waals surface area contributed by atoms with Gasteiger partial charge in [-0.1, -0.05) is 64.1 Å². The SMILES string of the molecule is COc1cc(S(C)(=O)=O)ccc1N(C(=O)OCOC(=O)[C@@H](NC(=O)OC(C)(C)C)C(C)(C)C)c1nc2ccc(-c3ccc(CC(=O)[C@H](C)c4ccc(F)cc4)cc3)cn2n1. The number of aromatic nitrogens is 3. The Morgan fingerprint density at radius 2 is 1.53 bits per heavy atom. The molecule has 0 fully saturated rings. The molecule has 2 aromatic heterocycles. The minimum Gasteiger partial charge on any atom is -0.495 e. The molecule has 15 nitrogen and oxygen atoms in total. The maximum atomic E-state index is 13.9. The highest BCUT2D eigenvalue weighted by molar-refractivity contribution is 7.90. The Morgan fingerprint density at radius 1 is 0.883 bits per heavy atom. The zero-order valence-electron chi connectivity index (χ0n) is 34.8. The second-order valence-corrected chi connectivity index (χ2v) is 18.1. The summed E-state index contributed by atoms with van der Waals surface area (Å²) in [4.78, 5) is 58.0. The normalized spacial score (nSPS) is 12.9. The second kappa shape index (κ2) is 17.9. The number of fused-ring (bicyclic) bond motifs is 1. The third-order valence-corrected chi connectivity index (χ3v) is 10.3. The van der Waals surface area contributed by atoms with Crippen LogP contribution in [0.5, 0.6) is 5.75 Å². The molecule has 0 unspecified atom stereocenters. The number of rotatable bonds is 13. The molecule has 60 heavy (non-hydrogen) atoms. The molecule has 318 valence electrons. The molecule has 3 aromatic carbocycles. The van der Waals surface area contributed by atoms with E-state index in [1.807, 2.05) is 24.3 Å². The van der Waals surface area contributed by atoms with Crippen LogP contribution < -0.4 is 15.0 Å². The van der Waals surface area contributed by atoms with E-state index in [0.717, 1.165) is 33.4 Å². The number of carbonyl (C=O) groups is 4. The van der Waals surface area contributed by atoms with Crippen molar-refractivity contribution in [3.8, 4) is 16.9 Å². The number of sulfone groups is 1. The van der Waals surface area contributed by atoms with E-state index in [4.69, 9.17) is 18.9 Å². The summed E-state index contributed by atoms with van der Waals surface area (Å²) in [7, 11) is -2.39. The Labute approximate surface area is 347 Å². The molecule has 0 saturated heterocycles. The fourth-order valence-electron chi connectivity index (χ4n) is 5.94. The number of hydrogen-bond acceptors (Lipinski definition) is 12. The number of Topliss-reactive ketones (excluding diaryl/α,β-unsaturated/α-hetero) is 1. The molecular weight excluding hydrogens is 798 g/mol. The maximum absolute atomic E-state index is 13.9. The van der Waals surface area contributed by atoms with Gasteiger partial charge in [-0.05, 0) is 79.3 Å². The Bertz CT molecular complexity index is 2490. The van der Waals surface area contributed by atoms with E-state index in [1.165, 1.54) is 42.0 Å². The number of alkyl carbamates (subject to hydrolysis) is 1. The average molecular weight is 846 g/mol. The van der Waals surface area contributed by atoms with Crippen LogP contribution >= 0.6 is 0 Å². The van der Waals surface area contributed by atoms with Crippen molar-refractivity contribution in [2.75, 3.05) is 25.1 Å². The van der Waals surface area contributed by atoms with Gasteiger partial charge in [-0.15, -0.1) is 5.10 Å². The van der Waals surface area contributed by atoms with E-state index in [0.29, 0.717) is 5.65 Å². The number of nitrogens with one attached hydrogen (secondary N) is 1. The molecule has 5 aromatic rings. The fraction of sp³-hybridized carbons (Fsp3) is 0.349. The number of halogens is 1. The van der Waals surface area contributed by atoms with Gasteiger partial charge in [0.25, 0.3) is 5.95 Å². The summed E-state index contributed by atoms with van der Waals surface area (Å²) in [5, 5.41) is 7.05. The number of nitrogens with zero attached hydrogens (tertiary/aromatic N) is 4. The van der Waals surface area contributed by atoms with Crippen molar-refractivity contribution < 1.29 is 50.9 Å². The van der Waals surface area contributed by atoms with E-state index in [-0.39, 0.29) is 40.3 Å². The minimum atomic E-state index is -3.68. The van der Waals surface area contributed by atoms with Gasteiger partial charge in [-0.25, -0.2) is 36.6 Å². The number of pyridine rings is 1. The van der Waals surface area contributed by atoms with Crippen molar-refractivity contribution in [1.29, 1.82) is 0 Å². The zero-order valence-corrected chi connectivity index (χ0v) is 35.6. The molecule has 1 N–H and O–H groups in total. The van der Waals surface area contributed by atoms with Crippen molar-refractivity contribution in [2.45, 2.75) is 77.3 Å². The maximum Gasteiger partial charge on any atom is 0.424 e. The monoisotopic (exact) mass is 845 g/mol. The summed E-state index contributed by atoms with van der Waals surface area (Å²) >= 11 is 0. The molecule has 0 aliphatic rings. The smallest absolute Gasteiger partial charge is 0.424 e. The van der Waals surface area contributed by atoms with Crippen LogP contribution in [0.3, 0.4) is 0 Å². The minimum absolute atomic E-state index is 0.00963. The molecule has 0 spiro atoms. The van der Waals surface area contributed by atoms with Crippen LogP contribution in [0.2, 0.25) is 0 Å². The molecule has 0 aliphatic carbocycles. The molecular formula is C43H48FN5O10S. The predicted octanol–water partition coefficient (Wildman–Crippen LogP) is 7.58. The number of ketones is 1. The molecule has 0 saturated carbocycles. The number of benzene rings is 3. The summed E-state index contributed by atoms with van der Waals surface area (Å²) < 4.78 is 61.1. The number of methoxy groups -OCH3 is 1. The number of esters is 1. The van der Waals surface area contributed by atoms with E-state index in [2.05, 4.69) is 15.4 Å². The van der Waals surface area contributed by atoms with E-state index in [1.54, 1.807) is 78.9 Å². The van der Waals surface area contributed by atoms with Gasteiger partial charge < -0.3 is 24.3 Å². The predicted molar refractivity (Wildman–Crippen MR) is 220 cm³/mol. The highest BCUT2D eigenvalue weighted by Crippen LogP contribution is 2.36. The standard InChI is InChI=1S/C43H48FN5O10S/c1-26(28-14-17-31(44)18-15-28)34(50)22-27-10-12-29(13-11-27)30-16-21-36-45-39(47-48(36)24-30)49(33-20-19-32(60(9,54)55)23-35(33)56-8)41(53)58-25-57-38(51)37(42(2,3)4)46-40(52)59-43(5,6)7/h10-21,23-24,26,37H,22,25H2,1-9H3,(H,46,52)/t26-,37-/m1/s1. The molecule has 5 rings (SSSR count). The topological polar surface area (TPSA) is 185 Å². The van der Waals surface area contributed by atoms with E-state index < -0.39 is 57.8 Å². The summed E-state index contributed by atoms with van der Waals surface area (Å²) in [6, 6.07) is 19.4. The summed E-state index contributed by atoms with van der Waals surface area (Å²) in [5.41, 5.74) is 1.72. The third-order valence-electron chi connectivity index (χ3n) is 9.19. The number of amides is 2. The van der Waals surface area contributed by atoms with Crippen LogP contribution in [0, 0.1) is 11.2 Å². The van der Waals surface area contributed by atoms with Gasteiger partial charge in [0.05, 0.1) is 17.7 Å². The lowest BCUT2D eigenvalue weighted by Gasteiger charge is -2.30. The third kappa shape index (κ3) is 11.2. The van der Waals surface area contributed by atoms with Gasteiger partial charge in [-0.2, -0.15) is 4.98 Å². The first-order valence-corrected chi connectivity index (χ1v) is 20.7. The van der Waals surface area contributed by atoms with E-state index >= 15 is 0 Å². The number of carbonyl (C=O) groups excluding carboxylic acids is 4. The van der Waals surface area contributed by atoms with Gasteiger partial charge in [0.15, 0.2) is 15.5 Å². The lowest BCUT2D eigenvalue weighted by Crippen LogP contribution is -2.51. The lowest BCUT2D eigenvalue weighted by molar-refractivity contribution is -0.157. The van der Waals surface area contributed by atoms with Gasteiger partial charge in [-0.3, -0.25) is 4.79 Å². The molecule has 2 atom stereocenters. The highest BCUT2D eigenvalue weighted by Gasteiger charge is 2.36. The van der Waals surface area contributed by atoms with Gasteiger partial charge >= 0.3 is 18.2 Å². The van der Waals surface area contributed by atoms with Crippen LogP contribution in [0.1, 0.15) is 65.5 Å². The van der Waals surface area contributed by atoms with Crippen molar-refractivity contribution >= 4 is 51.1 Å². The average Bonchev–Trinajstić information content (AvgIpc) is 3.58. The van der Waals surface area contributed by atoms with Crippen LogP contribution in [-0.2, 0) is 40.1 Å². The molecule has 0 aliphatic heterocycles. The van der Waals surface area contributed by atoms with Gasteiger partial charge in [0, 0.05) is 36.4 Å². The number of anilines is 2. The summed E-state index contributed by atoms with van der Waals surface area (Å²) in [6.45, 7) is 11.0. The Kier molecular flexibility index (Phi) is 13.3. The summed E-state index contributed by atoms with van der Waals surface area (Å²) in [6.07, 6.45) is 0.934. The molecule has 0 bridgehead atoms.